The van der Waals surface area contributed by atoms with Crippen LogP contribution in [0.4, 0.5) is 13.2 Å². The first-order valence-electron chi connectivity index (χ1n) is 7.46. The molecule has 0 bridgehead atoms. The number of rotatable bonds is 3. The summed E-state index contributed by atoms with van der Waals surface area (Å²) in [6.07, 6.45) is -3.15. The van der Waals surface area contributed by atoms with Crippen molar-refractivity contribution in [3.8, 4) is 11.8 Å². The van der Waals surface area contributed by atoms with Crippen LogP contribution in [0.5, 0.6) is 0 Å². The Labute approximate surface area is 141 Å². The molecule has 0 aliphatic carbocycles. The topological polar surface area (TPSA) is 59.4 Å². The molecule has 0 atom stereocenters. The van der Waals surface area contributed by atoms with E-state index in [1.54, 1.807) is 35.9 Å². The number of nitriles is 1. The number of alkyl halides is 3. The van der Waals surface area contributed by atoms with Gasteiger partial charge in [0.05, 0.1) is 29.6 Å². The Hall–Kier alpha value is -3.08. The van der Waals surface area contributed by atoms with Gasteiger partial charge in [0.2, 0.25) is 0 Å². The zero-order valence-electron chi connectivity index (χ0n) is 13.5. The Balaban J connectivity index is 1.92. The largest absolute Gasteiger partial charge is 0.435 e. The average molecular weight is 345 g/mol. The van der Waals surface area contributed by atoms with Gasteiger partial charge in [0, 0.05) is 17.5 Å². The van der Waals surface area contributed by atoms with Gasteiger partial charge in [-0.2, -0.15) is 28.6 Å². The summed E-state index contributed by atoms with van der Waals surface area (Å²) < 4.78 is 41.0. The first-order chi connectivity index (χ1) is 11.8. The van der Waals surface area contributed by atoms with Gasteiger partial charge in [-0.1, -0.05) is 0 Å². The van der Waals surface area contributed by atoms with Gasteiger partial charge in [-0.25, -0.2) is 4.68 Å². The molecule has 5 nitrogen and oxygen atoms in total. The number of hydrogen-bond acceptors (Lipinski definition) is 3. The number of aryl methyl sites for hydroxylation is 1. The molecule has 0 saturated heterocycles. The predicted molar refractivity (Wildman–Crippen MR) is 84.1 cm³/mol. The van der Waals surface area contributed by atoms with E-state index in [0.717, 1.165) is 23.0 Å². The molecule has 3 rings (SSSR count). The Morgan fingerprint density at radius 3 is 2.32 bits per heavy atom. The highest BCUT2D eigenvalue weighted by atomic mass is 19.4. The summed E-state index contributed by atoms with van der Waals surface area (Å²) in [5.74, 6) is 0. The fourth-order valence-electron chi connectivity index (χ4n) is 2.60. The minimum atomic E-state index is -4.46. The fourth-order valence-corrected chi connectivity index (χ4v) is 2.60. The molecule has 0 spiro atoms. The van der Waals surface area contributed by atoms with Crippen LogP contribution < -0.4 is 0 Å². The van der Waals surface area contributed by atoms with Gasteiger partial charge in [0.1, 0.15) is 0 Å². The highest BCUT2D eigenvalue weighted by Gasteiger charge is 2.33. The molecular weight excluding hydrogens is 331 g/mol. The van der Waals surface area contributed by atoms with Gasteiger partial charge in [-0.3, -0.25) is 4.68 Å². The van der Waals surface area contributed by atoms with E-state index in [0.29, 0.717) is 11.3 Å². The molecule has 0 amide bonds. The molecule has 0 saturated carbocycles. The highest BCUT2D eigenvalue weighted by molar-refractivity contribution is 5.41. The van der Waals surface area contributed by atoms with Crippen LogP contribution in [0, 0.1) is 25.2 Å². The van der Waals surface area contributed by atoms with E-state index in [9.17, 15) is 13.2 Å². The molecular formula is C17H14F3N5. The van der Waals surface area contributed by atoms with Gasteiger partial charge in [0.15, 0.2) is 5.69 Å². The summed E-state index contributed by atoms with van der Waals surface area (Å²) in [5.41, 5.74) is 2.74. The van der Waals surface area contributed by atoms with Crippen molar-refractivity contribution in [1.29, 1.82) is 5.26 Å². The second kappa shape index (κ2) is 6.09. The third-order valence-electron chi connectivity index (χ3n) is 3.93. The molecule has 0 fully saturated rings. The molecule has 1 aromatic carbocycles. The Kier molecular flexibility index (Phi) is 4.08. The van der Waals surface area contributed by atoms with Crippen molar-refractivity contribution >= 4 is 0 Å². The summed E-state index contributed by atoms with van der Waals surface area (Å²) in [7, 11) is 0. The molecule has 25 heavy (non-hydrogen) atoms. The van der Waals surface area contributed by atoms with Crippen LogP contribution in [0.2, 0.25) is 0 Å². The van der Waals surface area contributed by atoms with E-state index < -0.39 is 11.9 Å². The minimum Gasteiger partial charge on any atom is -0.268 e. The van der Waals surface area contributed by atoms with Crippen molar-refractivity contribution < 1.29 is 13.2 Å². The molecule has 2 heterocycles. The van der Waals surface area contributed by atoms with Gasteiger partial charge in [-0.05, 0) is 44.2 Å². The lowest BCUT2D eigenvalue weighted by atomic mass is 10.2. The zero-order chi connectivity index (χ0) is 18.2. The normalized spacial score (nSPS) is 11.5. The molecule has 128 valence electrons. The molecule has 8 heteroatoms. The summed E-state index contributed by atoms with van der Waals surface area (Å²) in [4.78, 5) is 0. The smallest absolute Gasteiger partial charge is 0.268 e. The van der Waals surface area contributed by atoms with E-state index >= 15 is 0 Å². The first kappa shape index (κ1) is 16.8. The summed E-state index contributed by atoms with van der Waals surface area (Å²) in [6.45, 7) is 3.85. The lowest BCUT2D eigenvalue weighted by Gasteiger charge is -2.06. The lowest BCUT2D eigenvalue weighted by Crippen LogP contribution is -2.09. The Bertz CT molecular complexity index is 942. The quantitative estimate of drug-likeness (QED) is 0.728. The van der Waals surface area contributed by atoms with Crippen molar-refractivity contribution in [3.05, 3.63) is 64.7 Å². The number of aromatic nitrogens is 4. The minimum absolute atomic E-state index is 0.198. The van der Waals surface area contributed by atoms with E-state index in [2.05, 4.69) is 16.3 Å². The second-order valence-electron chi connectivity index (χ2n) is 5.62. The van der Waals surface area contributed by atoms with Gasteiger partial charge >= 0.3 is 6.18 Å². The summed E-state index contributed by atoms with van der Waals surface area (Å²) >= 11 is 0. The maximum Gasteiger partial charge on any atom is 0.435 e. The van der Waals surface area contributed by atoms with Gasteiger partial charge < -0.3 is 0 Å². The van der Waals surface area contributed by atoms with Crippen LogP contribution >= 0.6 is 0 Å². The van der Waals surface area contributed by atoms with Crippen molar-refractivity contribution in [2.75, 3.05) is 0 Å². The molecule has 0 N–H and O–H groups in total. The molecule has 3 aromatic rings. The van der Waals surface area contributed by atoms with Crippen LogP contribution in [0.15, 0.2) is 36.5 Å². The monoisotopic (exact) mass is 345 g/mol. The third kappa shape index (κ3) is 3.26. The van der Waals surface area contributed by atoms with Crippen molar-refractivity contribution in [2.45, 2.75) is 26.6 Å². The summed E-state index contributed by atoms with van der Waals surface area (Å²) in [6, 6.07) is 9.93. The van der Waals surface area contributed by atoms with E-state index in [1.807, 2.05) is 6.92 Å². The average Bonchev–Trinajstić information content (AvgIpc) is 3.15. The molecule has 0 unspecified atom stereocenters. The van der Waals surface area contributed by atoms with Crippen LogP contribution in [-0.4, -0.2) is 19.6 Å². The van der Waals surface area contributed by atoms with Gasteiger partial charge in [0.25, 0.3) is 0 Å². The van der Waals surface area contributed by atoms with Crippen LogP contribution in [-0.2, 0) is 12.7 Å². The highest BCUT2D eigenvalue weighted by Crippen LogP contribution is 2.27. The molecule has 0 radical (unpaired) electrons. The maximum absolute atomic E-state index is 12.7. The van der Waals surface area contributed by atoms with Crippen molar-refractivity contribution in [3.63, 3.8) is 0 Å². The molecule has 0 aliphatic heterocycles. The summed E-state index contributed by atoms with van der Waals surface area (Å²) in [5, 5.41) is 16.9. The number of halogens is 3. The van der Waals surface area contributed by atoms with E-state index in [-0.39, 0.29) is 6.54 Å². The predicted octanol–water partition coefficient (Wildman–Crippen LogP) is 3.62. The van der Waals surface area contributed by atoms with Crippen molar-refractivity contribution in [1.82, 2.24) is 19.6 Å². The van der Waals surface area contributed by atoms with Crippen molar-refractivity contribution in [2.24, 2.45) is 0 Å². The number of hydrogen-bond donors (Lipinski definition) is 0. The van der Waals surface area contributed by atoms with Crippen LogP contribution in [0.3, 0.4) is 0 Å². The van der Waals surface area contributed by atoms with E-state index in [4.69, 9.17) is 5.26 Å². The standard InChI is InChI=1S/C17H14F3N5/c1-11-15(10-24-8-7-16(23-24)17(18,19)20)12(2)25(22-11)14-5-3-13(9-21)4-6-14/h3-8H,10H2,1-2H3. The van der Waals surface area contributed by atoms with Gasteiger partial charge in [-0.15, -0.1) is 0 Å². The van der Waals surface area contributed by atoms with Crippen LogP contribution in [0.1, 0.15) is 28.2 Å². The first-order valence-corrected chi connectivity index (χ1v) is 7.46. The second-order valence-corrected chi connectivity index (χ2v) is 5.62. The fraction of sp³-hybridized carbons (Fsp3) is 0.235. The third-order valence-corrected chi connectivity index (χ3v) is 3.93. The Morgan fingerprint density at radius 2 is 1.76 bits per heavy atom. The van der Waals surface area contributed by atoms with Crippen LogP contribution in [0.25, 0.3) is 5.69 Å². The number of nitrogens with zero attached hydrogens (tertiary/aromatic N) is 5. The number of benzene rings is 1. The molecule has 0 aliphatic rings. The lowest BCUT2D eigenvalue weighted by molar-refractivity contribution is -0.141. The maximum atomic E-state index is 12.7. The molecule has 2 aromatic heterocycles. The van der Waals surface area contributed by atoms with E-state index in [1.165, 1.54) is 10.9 Å². The zero-order valence-corrected chi connectivity index (χ0v) is 13.5. The Morgan fingerprint density at radius 1 is 1.08 bits per heavy atom. The SMILES string of the molecule is Cc1nn(-c2ccc(C#N)cc2)c(C)c1Cn1ccc(C(F)(F)F)n1.